The van der Waals surface area contributed by atoms with Crippen LogP contribution in [-0.4, -0.2) is 47.8 Å². The first kappa shape index (κ1) is 19.7. The number of amides is 2. The number of nitrogens with one attached hydrogen (secondary N) is 2. The number of urea groups is 1. The third-order valence-electron chi connectivity index (χ3n) is 4.87. The van der Waals surface area contributed by atoms with Crippen molar-refractivity contribution in [3.63, 3.8) is 0 Å². The molecule has 1 unspecified atom stereocenters. The standard InChI is InChI=1S/C20H33N3O2/c1-15-6-5-7-16(12-15)14-23-10-8-17(9-11-23)22-19(25)21-13-18(24)20(2,3)4/h5-7,12,17-18,24H,8-11,13-14H2,1-4H3,(H2,21,22,25). The van der Waals surface area contributed by atoms with Crippen LogP contribution in [0.3, 0.4) is 0 Å². The van der Waals surface area contributed by atoms with Crippen molar-refractivity contribution in [1.29, 1.82) is 0 Å². The largest absolute Gasteiger partial charge is 0.391 e. The van der Waals surface area contributed by atoms with Crippen molar-refractivity contribution in [2.75, 3.05) is 19.6 Å². The molecule has 0 bridgehead atoms. The van der Waals surface area contributed by atoms with Crippen molar-refractivity contribution in [3.05, 3.63) is 35.4 Å². The average molecular weight is 348 g/mol. The Morgan fingerprint density at radius 3 is 2.60 bits per heavy atom. The first-order valence-electron chi connectivity index (χ1n) is 9.24. The molecule has 0 aromatic heterocycles. The third kappa shape index (κ3) is 6.67. The number of hydrogen-bond donors (Lipinski definition) is 3. The van der Waals surface area contributed by atoms with Crippen molar-refractivity contribution >= 4 is 6.03 Å². The monoisotopic (exact) mass is 347 g/mol. The lowest BCUT2D eigenvalue weighted by atomic mass is 9.89. The van der Waals surface area contributed by atoms with E-state index in [2.05, 4.69) is 46.7 Å². The Bertz CT molecular complexity index is 560. The van der Waals surface area contributed by atoms with Gasteiger partial charge in [0.25, 0.3) is 0 Å². The Kier molecular flexibility index (Phi) is 6.85. The van der Waals surface area contributed by atoms with Gasteiger partial charge in [-0.1, -0.05) is 50.6 Å². The van der Waals surface area contributed by atoms with Gasteiger partial charge in [-0.3, -0.25) is 4.90 Å². The van der Waals surface area contributed by atoms with Gasteiger partial charge in [-0.2, -0.15) is 0 Å². The molecule has 3 N–H and O–H groups in total. The molecule has 140 valence electrons. The number of aliphatic hydroxyl groups excluding tert-OH is 1. The highest BCUT2D eigenvalue weighted by Gasteiger charge is 2.24. The molecule has 5 nitrogen and oxygen atoms in total. The van der Waals surface area contributed by atoms with Gasteiger partial charge < -0.3 is 15.7 Å². The Labute approximate surface area is 151 Å². The van der Waals surface area contributed by atoms with E-state index in [0.29, 0.717) is 0 Å². The van der Waals surface area contributed by atoms with Crippen LogP contribution in [0, 0.1) is 12.3 Å². The van der Waals surface area contributed by atoms with E-state index in [1.54, 1.807) is 0 Å². The zero-order chi connectivity index (χ0) is 18.4. The summed E-state index contributed by atoms with van der Waals surface area (Å²) in [6.45, 7) is 11.2. The van der Waals surface area contributed by atoms with Crippen molar-refractivity contribution < 1.29 is 9.90 Å². The number of carbonyl (C=O) groups excluding carboxylic acids is 1. The Hall–Kier alpha value is -1.59. The predicted molar refractivity (Wildman–Crippen MR) is 101 cm³/mol. The Morgan fingerprint density at radius 2 is 2.00 bits per heavy atom. The van der Waals surface area contributed by atoms with Crippen molar-refractivity contribution in [2.24, 2.45) is 5.41 Å². The summed E-state index contributed by atoms with van der Waals surface area (Å²) in [5, 5.41) is 15.8. The molecular formula is C20H33N3O2. The molecule has 0 radical (unpaired) electrons. The summed E-state index contributed by atoms with van der Waals surface area (Å²) in [6, 6.07) is 8.66. The smallest absolute Gasteiger partial charge is 0.315 e. The van der Waals surface area contributed by atoms with Crippen LogP contribution in [0.2, 0.25) is 0 Å². The minimum atomic E-state index is -0.547. The van der Waals surface area contributed by atoms with Crippen LogP contribution >= 0.6 is 0 Å². The molecule has 0 saturated carbocycles. The highest BCUT2D eigenvalue weighted by molar-refractivity contribution is 5.74. The number of aliphatic hydroxyl groups is 1. The first-order chi connectivity index (χ1) is 11.7. The van der Waals surface area contributed by atoms with Gasteiger partial charge >= 0.3 is 6.03 Å². The molecule has 5 heteroatoms. The van der Waals surface area contributed by atoms with E-state index >= 15 is 0 Å². The average Bonchev–Trinajstić information content (AvgIpc) is 2.53. The maximum absolute atomic E-state index is 12.0. The van der Waals surface area contributed by atoms with Crippen LogP contribution in [0.4, 0.5) is 4.79 Å². The molecule has 1 aromatic rings. The zero-order valence-electron chi connectivity index (χ0n) is 16.0. The molecule has 1 aliphatic heterocycles. The number of carbonyl (C=O) groups is 1. The van der Waals surface area contributed by atoms with E-state index in [4.69, 9.17) is 0 Å². The summed E-state index contributed by atoms with van der Waals surface area (Å²) in [4.78, 5) is 14.4. The molecule has 0 spiro atoms. The molecule has 1 aromatic carbocycles. The maximum Gasteiger partial charge on any atom is 0.315 e. The summed E-state index contributed by atoms with van der Waals surface area (Å²) >= 11 is 0. The fourth-order valence-electron chi connectivity index (χ4n) is 3.04. The zero-order valence-corrected chi connectivity index (χ0v) is 16.0. The number of likely N-dealkylation sites (tertiary alicyclic amines) is 1. The van der Waals surface area contributed by atoms with Crippen molar-refractivity contribution in [1.82, 2.24) is 15.5 Å². The van der Waals surface area contributed by atoms with E-state index in [-0.39, 0.29) is 24.0 Å². The van der Waals surface area contributed by atoms with Crippen molar-refractivity contribution in [2.45, 2.75) is 59.2 Å². The van der Waals surface area contributed by atoms with Gasteiger partial charge in [0.15, 0.2) is 0 Å². The van der Waals surface area contributed by atoms with Crippen LogP contribution in [-0.2, 0) is 6.54 Å². The van der Waals surface area contributed by atoms with E-state index in [1.165, 1.54) is 11.1 Å². The van der Waals surface area contributed by atoms with Crippen LogP contribution in [0.5, 0.6) is 0 Å². The lowest BCUT2D eigenvalue weighted by molar-refractivity contribution is 0.0647. The molecule has 1 atom stereocenters. The van der Waals surface area contributed by atoms with Crippen LogP contribution in [0.15, 0.2) is 24.3 Å². The second kappa shape index (κ2) is 8.68. The minimum Gasteiger partial charge on any atom is -0.391 e. The molecule has 2 rings (SSSR count). The van der Waals surface area contributed by atoms with Gasteiger partial charge in [0.2, 0.25) is 0 Å². The van der Waals surface area contributed by atoms with Gasteiger partial charge in [-0.15, -0.1) is 0 Å². The third-order valence-corrected chi connectivity index (χ3v) is 4.87. The summed E-state index contributed by atoms with van der Waals surface area (Å²) in [6.07, 6.45) is 1.37. The molecule has 0 aliphatic carbocycles. The number of rotatable bonds is 5. The van der Waals surface area contributed by atoms with Gasteiger partial charge in [0.05, 0.1) is 6.10 Å². The lowest BCUT2D eigenvalue weighted by Crippen LogP contribution is -2.49. The summed E-state index contributed by atoms with van der Waals surface area (Å²) in [5.74, 6) is 0. The summed E-state index contributed by atoms with van der Waals surface area (Å²) in [7, 11) is 0. The maximum atomic E-state index is 12.0. The quantitative estimate of drug-likeness (QED) is 0.767. The molecule has 1 heterocycles. The van der Waals surface area contributed by atoms with E-state index in [1.807, 2.05) is 20.8 Å². The number of aryl methyl sites for hydroxylation is 1. The first-order valence-corrected chi connectivity index (χ1v) is 9.24. The second-order valence-corrected chi connectivity index (χ2v) is 8.28. The van der Waals surface area contributed by atoms with E-state index < -0.39 is 6.10 Å². The fourth-order valence-corrected chi connectivity index (χ4v) is 3.04. The highest BCUT2D eigenvalue weighted by Crippen LogP contribution is 2.18. The van der Waals surface area contributed by atoms with Crippen LogP contribution in [0.1, 0.15) is 44.7 Å². The van der Waals surface area contributed by atoms with Gasteiger partial charge in [0, 0.05) is 32.2 Å². The summed E-state index contributed by atoms with van der Waals surface area (Å²) in [5.41, 5.74) is 2.41. The number of hydrogen-bond acceptors (Lipinski definition) is 3. The van der Waals surface area contributed by atoms with Crippen molar-refractivity contribution in [3.8, 4) is 0 Å². The Morgan fingerprint density at radius 1 is 1.32 bits per heavy atom. The normalized spacial score (nSPS) is 18.0. The molecule has 1 fully saturated rings. The van der Waals surface area contributed by atoms with Gasteiger partial charge in [-0.25, -0.2) is 4.79 Å². The topological polar surface area (TPSA) is 64.6 Å². The van der Waals surface area contributed by atoms with Crippen LogP contribution in [0.25, 0.3) is 0 Å². The number of nitrogens with zero attached hydrogens (tertiary/aromatic N) is 1. The van der Waals surface area contributed by atoms with E-state index in [0.717, 1.165) is 32.5 Å². The number of benzene rings is 1. The second-order valence-electron chi connectivity index (χ2n) is 8.28. The van der Waals surface area contributed by atoms with Gasteiger partial charge in [-0.05, 0) is 30.7 Å². The molecular weight excluding hydrogens is 314 g/mol. The lowest BCUT2D eigenvalue weighted by Gasteiger charge is -2.32. The highest BCUT2D eigenvalue weighted by atomic mass is 16.3. The molecule has 2 amide bonds. The molecule has 1 saturated heterocycles. The molecule has 25 heavy (non-hydrogen) atoms. The predicted octanol–water partition coefficient (Wildman–Crippen LogP) is 2.67. The minimum absolute atomic E-state index is 0.180. The Balaban J connectivity index is 1.69. The van der Waals surface area contributed by atoms with Gasteiger partial charge in [0.1, 0.15) is 0 Å². The van der Waals surface area contributed by atoms with E-state index in [9.17, 15) is 9.90 Å². The SMILES string of the molecule is Cc1cccc(CN2CCC(NC(=O)NCC(O)C(C)(C)C)CC2)c1. The molecule has 1 aliphatic rings. The summed E-state index contributed by atoms with van der Waals surface area (Å²) < 4.78 is 0. The fraction of sp³-hybridized carbons (Fsp3) is 0.650. The number of piperidine rings is 1. The van der Waals surface area contributed by atoms with Crippen LogP contribution < -0.4 is 10.6 Å².